The average molecular weight is 569 g/mol. The normalized spacial score (nSPS) is 31.9. The summed E-state index contributed by atoms with van der Waals surface area (Å²) in [6.07, 6.45) is 4.70. The standard InChI is InChI=1S/C35H52O6/c1-20(2)12-13-24-19-34(17-14-21(3)4)30-25(18-27(41-30)32(9,10)40)29(38)35(31(34)39,28(37)23(7)8)33(24,11)16-15-26(36)22(5)6/h12,14,23-24,26-27,36,40H,5,13,15-19H2,1-4,6-11H3/t24-,26+,27-,33+,34+,35-/m0/s1. The third-order valence-electron chi connectivity index (χ3n) is 9.96. The highest BCUT2D eigenvalue weighted by Gasteiger charge is 2.77. The van der Waals surface area contributed by atoms with Crippen molar-refractivity contribution in [2.75, 3.05) is 0 Å². The van der Waals surface area contributed by atoms with Gasteiger partial charge in [-0.15, -0.1) is 0 Å². The zero-order valence-corrected chi connectivity index (χ0v) is 26.9. The van der Waals surface area contributed by atoms with Gasteiger partial charge in [-0.25, -0.2) is 0 Å². The van der Waals surface area contributed by atoms with Crippen molar-refractivity contribution in [1.82, 2.24) is 0 Å². The lowest BCUT2D eigenvalue weighted by atomic mass is 9.38. The summed E-state index contributed by atoms with van der Waals surface area (Å²) < 4.78 is 6.43. The summed E-state index contributed by atoms with van der Waals surface area (Å²) in [4.78, 5) is 44.8. The third-order valence-corrected chi connectivity index (χ3v) is 9.96. The van der Waals surface area contributed by atoms with E-state index in [1.165, 1.54) is 0 Å². The third kappa shape index (κ3) is 5.35. The summed E-state index contributed by atoms with van der Waals surface area (Å²) in [5.74, 6) is -1.63. The Hall–Kier alpha value is -2.31. The summed E-state index contributed by atoms with van der Waals surface area (Å²) in [6, 6.07) is 0. The number of carbonyl (C=O) groups excluding carboxylic acids is 3. The number of ketones is 3. The first kappa shape index (κ1) is 33.2. The molecule has 0 saturated heterocycles. The molecule has 0 amide bonds. The van der Waals surface area contributed by atoms with E-state index in [0.717, 1.165) is 11.1 Å². The Morgan fingerprint density at radius 1 is 1.12 bits per heavy atom. The van der Waals surface area contributed by atoms with Crippen molar-refractivity contribution in [1.29, 1.82) is 0 Å². The molecule has 6 nitrogen and oxygen atoms in total. The van der Waals surface area contributed by atoms with Crippen LogP contribution in [0.4, 0.5) is 0 Å². The van der Waals surface area contributed by atoms with Crippen LogP contribution in [0.1, 0.15) is 108 Å². The monoisotopic (exact) mass is 568 g/mol. The molecule has 0 spiro atoms. The van der Waals surface area contributed by atoms with Gasteiger partial charge >= 0.3 is 0 Å². The van der Waals surface area contributed by atoms with E-state index < -0.39 is 45.8 Å². The second kappa shape index (κ2) is 11.4. The number of Topliss-reactive ketones (excluding diaryl/α,β-unsaturated/α-hetero) is 3. The molecule has 6 atom stereocenters. The molecule has 0 aromatic rings. The van der Waals surface area contributed by atoms with Crippen LogP contribution in [-0.4, -0.2) is 45.4 Å². The molecule has 1 aliphatic heterocycles. The highest BCUT2D eigenvalue weighted by molar-refractivity contribution is 6.33. The van der Waals surface area contributed by atoms with Gasteiger partial charge in [-0.2, -0.15) is 0 Å². The minimum absolute atomic E-state index is 0.151. The van der Waals surface area contributed by atoms with Gasteiger partial charge in [0.2, 0.25) is 0 Å². The summed E-state index contributed by atoms with van der Waals surface area (Å²) >= 11 is 0. The largest absolute Gasteiger partial charge is 0.490 e. The van der Waals surface area contributed by atoms with Crippen LogP contribution in [0.3, 0.4) is 0 Å². The molecule has 1 saturated carbocycles. The van der Waals surface area contributed by atoms with E-state index in [2.05, 4.69) is 12.7 Å². The summed E-state index contributed by atoms with van der Waals surface area (Å²) in [5, 5.41) is 21.8. The molecule has 0 aromatic carbocycles. The second-order valence-corrected chi connectivity index (χ2v) is 14.5. The number of carbonyl (C=O) groups is 3. The summed E-state index contributed by atoms with van der Waals surface area (Å²) in [7, 11) is 0. The van der Waals surface area contributed by atoms with Gasteiger partial charge in [-0.05, 0) is 91.9 Å². The van der Waals surface area contributed by atoms with Gasteiger partial charge in [-0.3, -0.25) is 14.4 Å². The van der Waals surface area contributed by atoms with Crippen molar-refractivity contribution in [3.63, 3.8) is 0 Å². The molecule has 2 bridgehead atoms. The van der Waals surface area contributed by atoms with Gasteiger partial charge in [0.15, 0.2) is 22.8 Å². The molecule has 2 N–H and O–H groups in total. The molecule has 1 fully saturated rings. The molecule has 0 aromatic heterocycles. The van der Waals surface area contributed by atoms with Crippen LogP contribution in [0.2, 0.25) is 0 Å². The SMILES string of the molecule is C=C(C)[C@H](O)CC[C@]1(C)[C@@H](CC=C(C)C)C[C@@]2(CC=C(C)C)C(=O)[C@]1(C(=O)C(C)C)C(=O)C1=C2O[C@H](C(C)(C)O)C1. The molecular weight excluding hydrogens is 516 g/mol. The van der Waals surface area contributed by atoms with Crippen LogP contribution in [0.15, 0.2) is 46.8 Å². The van der Waals surface area contributed by atoms with Crippen molar-refractivity contribution in [3.8, 4) is 0 Å². The number of allylic oxidation sites excluding steroid dienone is 5. The van der Waals surface area contributed by atoms with Crippen LogP contribution >= 0.6 is 0 Å². The quantitative estimate of drug-likeness (QED) is 0.215. The van der Waals surface area contributed by atoms with Gasteiger partial charge in [0.1, 0.15) is 11.9 Å². The van der Waals surface area contributed by atoms with E-state index in [1.54, 1.807) is 34.6 Å². The Morgan fingerprint density at radius 3 is 2.20 bits per heavy atom. The molecule has 0 radical (unpaired) electrons. The molecule has 228 valence electrons. The maximum atomic E-state index is 15.3. The van der Waals surface area contributed by atoms with Crippen molar-refractivity contribution >= 4 is 17.3 Å². The Balaban J connectivity index is 2.43. The summed E-state index contributed by atoms with van der Waals surface area (Å²) in [6.45, 7) is 22.4. The van der Waals surface area contributed by atoms with Crippen LogP contribution < -0.4 is 0 Å². The van der Waals surface area contributed by atoms with E-state index in [1.807, 2.05) is 40.7 Å². The van der Waals surface area contributed by atoms with Gasteiger partial charge in [0.25, 0.3) is 0 Å². The predicted octanol–water partition coefficient (Wildman–Crippen LogP) is 6.61. The predicted molar refractivity (Wildman–Crippen MR) is 162 cm³/mol. The molecule has 41 heavy (non-hydrogen) atoms. The molecule has 3 aliphatic rings. The highest BCUT2D eigenvalue weighted by Crippen LogP contribution is 2.69. The number of hydrogen-bond donors (Lipinski definition) is 2. The molecule has 3 rings (SSSR count). The number of aliphatic hydroxyl groups excluding tert-OH is 1. The van der Waals surface area contributed by atoms with E-state index >= 15 is 4.79 Å². The number of aliphatic hydroxyl groups is 2. The minimum Gasteiger partial charge on any atom is -0.490 e. The molecular formula is C35H52O6. The van der Waals surface area contributed by atoms with Crippen molar-refractivity contribution in [3.05, 3.63) is 46.8 Å². The molecule has 2 aliphatic carbocycles. The molecule has 0 unspecified atom stereocenters. The smallest absolute Gasteiger partial charge is 0.184 e. The number of rotatable bonds is 11. The first-order valence-corrected chi connectivity index (χ1v) is 15.1. The van der Waals surface area contributed by atoms with Gasteiger partial charge in [0, 0.05) is 17.9 Å². The Bertz CT molecular complexity index is 1200. The average Bonchev–Trinajstić information content (AvgIpc) is 3.32. The fourth-order valence-corrected chi connectivity index (χ4v) is 7.35. The summed E-state index contributed by atoms with van der Waals surface area (Å²) in [5.41, 5.74) is -2.29. The van der Waals surface area contributed by atoms with Crippen LogP contribution in [0.25, 0.3) is 0 Å². The van der Waals surface area contributed by atoms with Crippen molar-refractivity contribution in [2.24, 2.45) is 28.1 Å². The van der Waals surface area contributed by atoms with Crippen LogP contribution in [-0.2, 0) is 19.1 Å². The van der Waals surface area contributed by atoms with Gasteiger partial charge < -0.3 is 14.9 Å². The van der Waals surface area contributed by atoms with Crippen molar-refractivity contribution in [2.45, 2.75) is 126 Å². The second-order valence-electron chi connectivity index (χ2n) is 14.5. The van der Waals surface area contributed by atoms with E-state index in [0.29, 0.717) is 49.0 Å². The topological polar surface area (TPSA) is 101 Å². The van der Waals surface area contributed by atoms with E-state index in [9.17, 15) is 19.8 Å². The van der Waals surface area contributed by atoms with Crippen molar-refractivity contribution < 1.29 is 29.3 Å². The zero-order valence-electron chi connectivity index (χ0n) is 26.9. The fraction of sp³-hybridized carbons (Fsp3) is 0.686. The lowest BCUT2D eigenvalue weighted by Gasteiger charge is -2.61. The lowest BCUT2D eigenvalue weighted by molar-refractivity contribution is -0.181. The Morgan fingerprint density at radius 2 is 1.71 bits per heavy atom. The van der Waals surface area contributed by atoms with E-state index in [4.69, 9.17) is 4.74 Å². The fourth-order valence-electron chi connectivity index (χ4n) is 7.35. The first-order valence-electron chi connectivity index (χ1n) is 15.1. The first-order chi connectivity index (χ1) is 18.8. The molecule has 6 heteroatoms. The Kier molecular flexibility index (Phi) is 9.24. The number of hydrogen-bond acceptors (Lipinski definition) is 6. The van der Waals surface area contributed by atoms with Crippen LogP contribution in [0.5, 0.6) is 0 Å². The number of fused-ring (bicyclic) bond motifs is 3. The van der Waals surface area contributed by atoms with Crippen LogP contribution in [0, 0.1) is 28.1 Å². The highest BCUT2D eigenvalue weighted by atomic mass is 16.5. The molecule has 1 heterocycles. The minimum atomic E-state index is -1.92. The van der Waals surface area contributed by atoms with E-state index in [-0.39, 0.29) is 23.9 Å². The Labute approximate surface area is 247 Å². The lowest BCUT2D eigenvalue weighted by Crippen LogP contribution is -2.70. The van der Waals surface area contributed by atoms with Gasteiger partial charge in [-0.1, -0.05) is 56.2 Å². The maximum Gasteiger partial charge on any atom is 0.184 e. The number of ether oxygens (including phenoxy) is 1. The van der Waals surface area contributed by atoms with Gasteiger partial charge in [0.05, 0.1) is 17.1 Å². The zero-order chi connectivity index (χ0) is 31.3. The maximum absolute atomic E-state index is 15.3.